The number of rotatable bonds is 5. The Bertz CT molecular complexity index is 1070. The second kappa shape index (κ2) is 9.85. The summed E-state index contributed by atoms with van der Waals surface area (Å²) >= 11 is 3.40. The van der Waals surface area contributed by atoms with Gasteiger partial charge in [0.25, 0.3) is 11.8 Å². The average Bonchev–Trinajstić information content (AvgIpc) is 2.80. The fraction of sp³-hybridized carbons (Fsp3) is 0.208. The van der Waals surface area contributed by atoms with Crippen molar-refractivity contribution in [3.05, 3.63) is 94.2 Å². The van der Waals surface area contributed by atoms with E-state index in [1.807, 2.05) is 47.5 Å². The molecule has 1 saturated heterocycles. The summed E-state index contributed by atoms with van der Waals surface area (Å²) in [5.74, 6) is -0.321. The molecule has 1 aliphatic heterocycles. The first-order valence-corrected chi connectivity index (χ1v) is 11.0. The number of anilines is 1. The molecule has 2 heterocycles. The summed E-state index contributed by atoms with van der Waals surface area (Å²) in [7, 11) is 0. The van der Waals surface area contributed by atoms with E-state index in [0.29, 0.717) is 34.4 Å². The van der Waals surface area contributed by atoms with Crippen LogP contribution in [0.2, 0.25) is 0 Å². The number of hydrogen-bond donors (Lipinski definition) is 1. The molecule has 0 aliphatic carbocycles. The molecule has 7 heteroatoms. The SMILES string of the molecule is O=C(Nc1ccccc1C(=O)N1CCN(Cc2cccnc2)CC1)c1ccccc1Br. The first kappa shape index (κ1) is 21.2. The minimum atomic E-state index is -0.256. The first-order chi connectivity index (χ1) is 15.1. The van der Waals surface area contributed by atoms with E-state index in [1.165, 1.54) is 5.56 Å². The number of nitrogens with zero attached hydrogens (tertiary/aromatic N) is 3. The van der Waals surface area contributed by atoms with Gasteiger partial charge in [0.05, 0.1) is 16.8 Å². The fourth-order valence-electron chi connectivity index (χ4n) is 3.64. The second-order valence-corrected chi connectivity index (χ2v) is 8.26. The van der Waals surface area contributed by atoms with Crippen molar-refractivity contribution in [1.82, 2.24) is 14.8 Å². The zero-order chi connectivity index (χ0) is 21.6. The van der Waals surface area contributed by atoms with Crippen LogP contribution in [-0.4, -0.2) is 52.8 Å². The van der Waals surface area contributed by atoms with Crippen LogP contribution in [-0.2, 0) is 6.54 Å². The van der Waals surface area contributed by atoms with Crippen LogP contribution in [0.1, 0.15) is 26.3 Å². The molecule has 3 aromatic rings. The summed E-state index contributed by atoms with van der Waals surface area (Å²) in [5, 5.41) is 2.90. The van der Waals surface area contributed by atoms with Gasteiger partial charge in [-0.1, -0.05) is 30.3 Å². The number of halogens is 1. The van der Waals surface area contributed by atoms with E-state index in [2.05, 4.69) is 37.2 Å². The van der Waals surface area contributed by atoms with Gasteiger partial charge < -0.3 is 10.2 Å². The Morgan fingerprint density at radius 1 is 0.903 bits per heavy atom. The Kier molecular flexibility index (Phi) is 6.74. The molecular formula is C24H23BrN4O2. The number of para-hydroxylation sites is 1. The van der Waals surface area contributed by atoms with Gasteiger partial charge in [-0.3, -0.25) is 19.5 Å². The number of aromatic nitrogens is 1. The number of pyridine rings is 1. The normalized spacial score (nSPS) is 14.3. The highest BCUT2D eigenvalue weighted by Crippen LogP contribution is 2.22. The van der Waals surface area contributed by atoms with Crippen LogP contribution in [0.25, 0.3) is 0 Å². The maximum Gasteiger partial charge on any atom is 0.256 e. The van der Waals surface area contributed by atoms with Crippen LogP contribution in [0.3, 0.4) is 0 Å². The molecule has 2 amide bonds. The lowest BCUT2D eigenvalue weighted by Gasteiger charge is -2.35. The van der Waals surface area contributed by atoms with Gasteiger partial charge >= 0.3 is 0 Å². The van der Waals surface area contributed by atoms with Gasteiger partial charge in [0.15, 0.2) is 0 Å². The topological polar surface area (TPSA) is 65.5 Å². The summed E-state index contributed by atoms with van der Waals surface area (Å²) < 4.78 is 0.709. The molecule has 0 atom stereocenters. The van der Waals surface area contributed by atoms with Crippen molar-refractivity contribution in [3.8, 4) is 0 Å². The number of piperazine rings is 1. The highest BCUT2D eigenvalue weighted by Gasteiger charge is 2.24. The third-order valence-electron chi connectivity index (χ3n) is 5.31. The van der Waals surface area contributed by atoms with Crippen molar-refractivity contribution in [1.29, 1.82) is 0 Å². The molecule has 2 aromatic carbocycles. The van der Waals surface area contributed by atoms with Crippen LogP contribution in [0.4, 0.5) is 5.69 Å². The monoisotopic (exact) mass is 478 g/mol. The summed E-state index contributed by atoms with van der Waals surface area (Å²) in [6.45, 7) is 3.71. The lowest BCUT2D eigenvalue weighted by atomic mass is 10.1. The van der Waals surface area contributed by atoms with E-state index >= 15 is 0 Å². The maximum absolute atomic E-state index is 13.2. The third-order valence-corrected chi connectivity index (χ3v) is 6.00. The Morgan fingerprint density at radius 3 is 2.32 bits per heavy atom. The lowest BCUT2D eigenvalue weighted by Crippen LogP contribution is -2.48. The standard InChI is InChI=1S/C24H23BrN4O2/c25-21-9-3-1-7-19(21)23(30)27-22-10-4-2-8-20(22)24(31)29-14-12-28(13-15-29)17-18-6-5-11-26-16-18/h1-11,16H,12-15,17H2,(H,27,30). The predicted molar refractivity (Wildman–Crippen MR) is 124 cm³/mol. The summed E-state index contributed by atoms with van der Waals surface area (Å²) in [6.07, 6.45) is 3.65. The molecule has 1 fully saturated rings. The minimum absolute atomic E-state index is 0.0657. The summed E-state index contributed by atoms with van der Waals surface area (Å²) in [5.41, 5.74) is 2.71. The number of amides is 2. The molecule has 1 aliphatic rings. The van der Waals surface area contributed by atoms with Crippen molar-refractivity contribution in [2.75, 3.05) is 31.5 Å². The fourth-order valence-corrected chi connectivity index (χ4v) is 4.11. The molecule has 6 nitrogen and oxygen atoms in total. The van der Waals surface area contributed by atoms with E-state index in [0.717, 1.165) is 19.6 Å². The largest absolute Gasteiger partial charge is 0.336 e. The number of carbonyl (C=O) groups is 2. The minimum Gasteiger partial charge on any atom is -0.336 e. The van der Waals surface area contributed by atoms with Crippen LogP contribution >= 0.6 is 15.9 Å². The van der Waals surface area contributed by atoms with E-state index < -0.39 is 0 Å². The second-order valence-electron chi connectivity index (χ2n) is 7.41. The van der Waals surface area contributed by atoms with E-state index in [1.54, 1.807) is 24.4 Å². The van der Waals surface area contributed by atoms with E-state index in [9.17, 15) is 9.59 Å². The summed E-state index contributed by atoms with van der Waals surface area (Å²) in [4.78, 5) is 34.3. The average molecular weight is 479 g/mol. The molecule has 0 bridgehead atoms. The van der Waals surface area contributed by atoms with E-state index in [-0.39, 0.29) is 11.8 Å². The Balaban J connectivity index is 1.41. The lowest BCUT2D eigenvalue weighted by molar-refractivity contribution is 0.0629. The van der Waals surface area contributed by atoms with Crippen LogP contribution in [0.5, 0.6) is 0 Å². The Morgan fingerprint density at radius 2 is 1.61 bits per heavy atom. The maximum atomic E-state index is 13.2. The summed E-state index contributed by atoms with van der Waals surface area (Å²) in [6, 6.07) is 18.4. The van der Waals surface area contributed by atoms with Crippen LogP contribution < -0.4 is 5.32 Å². The predicted octanol–water partition coefficient (Wildman–Crippen LogP) is 4.05. The first-order valence-electron chi connectivity index (χ1n) is 10.2. The van der Waals surface area contributed by atoms with Gasteiger partial charge in [-0.25, -0.2) is 0 Å². The van der Waals surface area contributed by atoms with Gasteiger partial charge in [-0.15, -0.1) is 0 Å². The molecule has 0 saturated carbocycles. The molecule has 0 unspecified atom stereocenters. The van der Waals surface area contributed by atoms with Crippen LogP contribution in [0, 0.1) is 0 Å². The highest BCUT2D eigenvalue weighted by atomic mass is 79.9. The Hall–Kier alpha value is -3.03. The number of carbonyl (C=O) groups excluding carboxylic acids is 2. The number of benzene rings is 2. The van der Waals surface area contributed by atoms with E-state index in [4.69, 9.17) is 0 Å². The highest BCUT2D eigenvalue weighted by molar-refractivity contribution is 9.10. The molecule has 0 spiro atoms. The van der Waals surface area contributed by atoms with Gasteiger partial charge in [-0.05, 0) is 51.8 Å². The third kappa shape index (κ3) is 5.18. The molecule has 4 rings (SSSR count). The van der Waals surface area contributed by atoms with Gasteiger partial charge in [-0.2, -0.15) is 0 Å². The number of hydrogen-bond acceptors (Lipinski definition) is 4. The quantitative estimate of drug-likeness (QED) is 0.600. The van der Waals surface area contributed by atoms with Crippen LogP contribution in [0.15, 0.2) is 77.5 Å². The van der Waals surface area contributed by atoms with Gasteiger partial charge in [0.1, 0.15) is 0 Å². The Labute approximate surface area is 190 Å². The molecule has 0 radical (unpaired) electrons. The van der Waals surface area contributed by atoms with Crippen molar-refractivity contribution >= 4 is 33.4 Å². The van der Waals surface area contributed by atoms with Crippen molar-refractivity contribution in [3.63, 3.8) is 0 Å². The molecular weight excluding hydrogens is 456 g/mol. The zero-order valence-corrected chi connectivity index (χ0v) is 18.6. The molecule has 31 heavy (non-hydrogen) atoms. The smallest absolute Gasteiger partial charge is 0.256 e. The zero-order valence-electron chi connectivity index (χ0n) is 17.0. The van der Waals surface area contributed by atoms with Gasteiger partial charge in [0, 0.05) is 49.6 Å². The van der Waals surface area contributed by atoms with Crippen molar-refractivity contribution < 1.29 is 9.59 Å². The molecule has 1 N–H and O–H groups in total. The molecule has 1 aromatic heterocycles. The number of nitrogens with one attached hydrogen (secondary N) is 1. The van der Waals surface area contributed by atoms with Crippen molar-refractivity contribution in [2.24, 2.45) is 0 Å². The molecule has 158 valence electrons. The van der Waals surface area contributed by atoms with Gasteiger partial charge in [0.2, 0.25) is 0 Å². The van der Waals surface area contributed by atoms with Crippen molar-refractivity contribution in [2.45, 2.75) is 6.54 Å².